The first-order valence-corrected chi connectivity index (χ1v) is 8.92. The molecule has 1 aliphatic rings. The molecule has 3 N–H and O–H groups in total. The molecule has 3 rings (SSSR count). The molecule has 0 fully saturated rings. The molecule has 0 aliphatic carbocycles. The van der Waals surface area contributed by atoms with Crippen LogP contribution in [0.1, 0.15) is 42.6 Å². The lowest BCUT2D eigenvalue weighted by Gasteiger charge is -2.19. The maximum atomic E-state index is 12.4. The number of quaternary nitrogens is 1. The van der Waals surface area contributed by atoms with Crippen molar-refractivity contribution < 1.29 is 14.5 Å². The second-order valence-electron chi connectivity index (χ2n) is 6.38. The van der Waals surface area contributed by atoms with Crippen LogP contribution in [0.3, 0.4) is 0 Å². The third kappa shape index (κ3) is 3.43. The van der Waals surface area contributed by atoms with Crippen LogP contribution in [0.2, 0.25) is 0 Å². The lowest BCUT2D eigenvalue weighted by atomic mass is 10.1. The molecule has 0 bridgehead atoms. The van der Waals surface area contributed by atoms with Gasteiger partial charge in [0.05, 0.1) is 18.0 Å². The van der Waals surface area contributed by atoms with Crippen LogP contribution < -0.4 is 15.5 Å². The third-order valence-electron chi connectivity index (χ3n) is 4.80. The number of hydrogen-bond donors (Lipinski definition) is 3. The van der Waals surface area contributed by atoms with Crippen LogP contribution in [0.25, 0.3) is 0 Å². The van der Waals surface area contributed by atoms with Gasteiger partial charge in [-0.15, -0.1) is 0 Å². The van der Waals surface area contributed by atoms with Crippen molar-refractivity contribution in [3.8, 4) is 0 Å². The van der Waals surface area contributed by atoms with Gasteiger partial charge in [0, 0.05) is 24.5 Å². The van der Waals surface area contributed by atoms with Crippen molar-refractivity contribution in [1.29, 1.82) is 0 Å². The molecular formula is C19H24N5O2+. The highest BCUT2D eigenvalue weighted by Gasteiger charge is 2.39. The zero-order valence-electron chi connectivity index (χ0n) is 15.3. The highest BCUT2D eigenvalue weighted by atomic mass is 16.2. The van der Waals surface area contributed by atoms with Crippen molar-refractivity contribution in [3.63, 3.8) is 0 Å². The molecular weight excluding hydrogens is 330 g/mol. The van der Waals surface area contributed by atoms with E-state index in [-0.39, 0.29) is 17.9 Å². The molecule has 26 heavy (non-hydrogen) atoms. The van der Waals surface area contributed by atoms with Gasteiger partial charge in [-0.1, -0.05) is 13.8 Å². The predicted molar refractivity (Wildman–Crippen MR) is 98.9 cm³/mol. The predicted octanol–water partition coefficient (Wildman–Crippen LogP) is 1.37. The molecule has 1 aliphatic heterocycles. The Morgan fingerprint density at radius 1 is 1.23 bits per heavy atom. The Labute approximate surface area is 152 Å². The van der Waals surface area contributed by atoms with Gasteiger partial charge in [-0.3, -0.25) is 4.79 Å². The zero-order valence-corrected chi connectivity index (χ0v) is 15.3. The van der Waals surface area contributed by atoms with Gasteiger partial charge in [-0.2, -0.15) is 4.98 Å². The molecule has 2 aromatic rings. The van der Waals surface area contributed by atoms with Crippen molar-refractivity contribution in [2.75, 3.05) is 12.4 Å². The zero-order chi connectivity index (χ0) is 18.7. The number of nitrogens with zero attached hydrogens (tertiary/aromatic N) is 2. The van der Waals surface area contributed by atoms with Crippen molar-refractivity contribution in [1.82, 2.24) is 15.3 Å². The van der Waals surface area contributed by atoms with E-state index in [2.05, 4.69) is 34.4 Å². The molecule has 7 nitrogen and oxygen atoms in total. The lowest BCUT2D eigenvalue weighted by molar-refractivity contribution is -0.779. The second-order valence-corrected chi connectivity index (χ2v) is 6.38. The summed E-state index contributed by atoms with van der Waals surface area (Å²) < 4.78 is 0. The highest BCUT2D eigenvalue weighted by Crippen LogP contribution is 2.20. The average molecular weight is 354 g/mol. The van der Waals surface area contributed by atoms with Gasteiger partial charge >= 0.3 is 5.91 Å². The van der Waals surface area contributed by atoms with Crippen LogP contribution in [0.5, 0.6) is 0 Å². The van der Waals surface area contributed by atoms with E-state index in [4.69, 9.17) is 0 Å². The summed E-state index contributed by atoms with van der Waals surface area (Å²) in [4.78, 5) is 33.8. The van der Waals surface area contributed by atoms with Crippen molar-refractivity contribution in [2.24, 2.45) is 0 Å². The second kappa shape index (κ2) is 7.61. The number of anilines is 2. The number of aromatic nitrogens is 2. The SMILES string of the molecule is CCC(CC)[NH+]1C(=O)Cc2cnc(Nc3ccc(C(=O)NC)cc3)nc21. The Morgan fingerprint density at radius 3 is 2.54 bits per heavy atom. The van der Waals surface area contributed by atoms with E-state index >= 15 is 0 Å². The number of amides is 2. The first-order valence-electron chi connectivity index (χ1n) is 8.92. The Bertz CT molecular complexity index is 815. The minimum Gasteiger partial charge on any atom is -0.355 e. The van der Waals surface area contributed by atoms with Crippen LogP contribution in [0.4, 0.5) is 17.5 Å². The molecule has 7 heteroatoms. The van der Waals surface area contributed by atoms with E-state index in [1.807, 2.05) is 0 Å². The van der Waals surface area contributed by atoms with Gasteiger partial charge in [0.15, 0.2) is 0 Å². The van der Waals surface area contributed by atoms with E-state index in [0.717, 1.165) is 34.8 Å². The Hall–Kier alpha value is -2.80. The summed E-state index contributed by atoms with van der Waals surface area (Å²) in [6.07, 6.45) is 3.97. The first kappa shape index (κ1) is 18.0. The summed E-state index contributed by atoms with van der Waals surface area (Å²) in [6.45, 7) is 4.20. The maximum Gasteiger partial charge on any atom is 0.323 e. The van der Waals surface area contributed by atoms with Crippen LogP contribution in [-0.4, -0.2) is 34.9 Å². The first-order chi connectivity index (χ1) is 12.6. The summed E-state index contributed by atoms with van der Waals surface area (Å²) in [6, 6.07) is 7.31. The van der Waals surface area contributed by atoms with Gasteiger partial charge in [0.1, 0.15) is 0 Å². The molecule has 0 saturated heterocycles. The highest BCUT2D eigenvalue weighted by molar-refractivity contribution is 5.94. The minimum atomic E-state index is -0.131. The monoisotopic (exact) mass is 354 g/mol. The Balaban J connectivity index is 1.83. The fourth-order valence-electron chi connectivity index (χ4n) is 3.33. The minimum absolute atomic E-state index is 0.131. The summed E-state index contributed by atoms with van der Waals surface area (Å²) in [5, 5.41) is 5.74. The Morgan fingerprint density at radius 2 is 1.92 bits per heavy atom. The number of nitrogens with one attached hydrogen (secondary N) is 3. The summed E-state index contributed by atoms with van der Waals surface area (Å²) in [5.41, 5.74) is 2.27. The van der Waals surface area contributed by atoms with Gasteiger partial charge < -0.3 is 10.6 Å². The Kier molecular flexibility index (Phi) is 5.27. The molecule has 1 aromatic carbocycles. The van der Waals surface area contributed by atoms with Crippen molar-refractivity contribution in [3.05, 3.63) is 41.6 Å². The molecule has 1 atom stereocenters. The van der Waals surface area contributed by atoms with Gasteiger partial charge in [0.2, 0.25) is 11.8 Å². The van der Waals surface area contributed by atoms with Crippen LogP contribution in [0.15, 0.2) is 30.5 Å². The van der Waals surface area contributed by atoms with Crippen LogP contribution in [-0.2, 0) is 11.2 Å². The van der Waals surface area contributed by atoms with Crippen molar-refractivity contribution in [2.45, 2.75) is 39.2 Å². The summed E-state index contributed by atoms with van der Waals surface area (Å²) in [7, 11) is 1.60. The largest absolute Gasteiger partial charge is 0.355 e. The number of hydrogen-bond acceptors (Lipinski definition) is 5. The normalized spacial score (nSPS) is 15.8. The number of benzene rings is 1. The van der Waals surface area contributed by atoms with E-state index in [1.54, 1.807) is 37.5 Å². The smallest absolute Gasteiger partial charge is 0.323 e. The van der Waals surface area contributed by atoms with E-state index < -0.39 is 0 Å². The number of rotatable bonds is 6. The maximum absolute atomic E-state index is 12.4. The standard InChI is InChI=1S/C19H23N5O2/c1-4-15(5-2)24-16(25)10-13-11-21-19(23-17(13)24)22-14-8-6-12(7-9-14)18(26)20-3/h6-9,11,15H,4-5,10H2,1-3H3,(H,20,26)(H,21,22,23)/p+1. The molecule has 0 radical (unpaired) electrons. The molecule has 1 aromatic heterocycles. The van der Waals surface area contributed by atoms with Crippen LogP contribution >= 0.6 is 0 Å². The average Bonchev–Trinajstić information content (AvgIpc) is 2.98. The van der Waals surface area contributed by atoms with Gasteiger partial charge in [-0.25, -0.2) is 14.7 Å². The lowest BCUT2D eigenvalue weighted by Crippen LogP contribution is -3.12. The molecule has 2 heterocycles. The number of carbonyl (C=O) groups excluding carboxylic acids is 2. The van der Waals surface area contributed by atoms with E-state index in [0.29, 0.717) is 17.9 Å². The fourth-order valence-corrected chi connectivity index (χ4v) is 3.33. The number of fused-ring (bicyclic) bond motifs is 1. The van der Waals surface area contributed by atoms with E-state index in [9.17, 15) is 9.59 Å². The van der Waals surface area contributed by atoms with Crippen LogP contribution in [0, 0.1) is 0 Å². The van der Waals surface area contributed by atoms with E-state index in [1.165, 1.54) is 0 Å². The topological polar surface area (TPSA) is 88.4 Å². The van der Waals surface area contributed by atoms with Gasteiger partial charge in [-0.05, 0) is 37.1 Å². The fraction of sp³-hybridized carbons (Fsp3) is 0.368. The molecule has 0 spiro atoms. The van der Waals surface area contributed by atoms with Crippen molar-refractivity contribution >= 4 is 29.3 Å². The molecule has 2 amide bonds. The summed E-state index contributed by atoms with van der Waals surface area (Å²) >= 11 is 0. The third-order valence-corrected chi connectivity index (χ3v) is 4.80. The molecule has 1 unspecified atom stereocenters. The number of carbonyl (C=O) groups is 2. The molecule has 0 saturated carbocycles. The molecule has 136 valence electrons. The van der Waals surface area contributed by atoms with Gasteiger partial charge in [0.25, 0.3) is 5.91 Å². The quantitative estimate of drug-likeness (QED) is 0.729. The summed E-state index contributed by atoms with van der Waals surface area (Å²) in [5.74, 6) is 1.26.